The van der Waals surface area contributed by atoms with Crippen LogP contribution >= 0.6 is 11.6 Å². The van der Waals surface area contributed by atoms with E-state index in [1.807, 2.05) is 0 Å². The molecule has 0 fully saturated rings. The normalized spacial score (nSPS) is 12.7. The van der Waals surface area contributed by atoms with Gasteiger partial charge in [-0.1, -0.05) is 0 Å². The quantitative estimate of drug-likeness (QED) is 0.619. The van der Waals surface area contributed by atoms with Crippen LogP contribution in [0.5, 0.6) is 0 Å². The van der Waals surface area contributed by atoms with Gasteiger partial charge < -0.3 is 0 Å². The molecule has 2 aromatic rings. The second-order valence-corrected chi connectivity index (χ2v) is 4.47. The van der Waals surface area contributed by atoms with Crippen molar-refractivity contribution in [3.8, 4) is 11.3 Å². The minimum atomic E-state index is -4.89. The van der Waals surface area contributed by atoms with Crippen molar-refractivity contribution in [3.05, 3.63) is 41.1 Å². The van der Waals surface area contributed by atoms with Crippen molar-refractivity contribution in [2.45, 2.75) is 18.2 Å². The molecule has 1 heterocycles. The lowest BCUT2D eigenvalue weighted by molar-refractivity contribution is -0.143. The van der Waals surface area contributed by atoms with Crippen LogP contribution in [-0.4, -0.2) is 10.2 Å². The molecule has 0 radical (unpaired) electrons. The van der Waals surface area contributed by atoms with Gasteiger partial charge in [0.2, 0.25) is 0 Å². The van der Waals surface area contributed by atoms with Gasteiger partial charge in [0.05, 0.1) is 28.4 Å². The monoisotopic (exact) mass is 328 g/mol. The van der Waals surface area contributed by atoms with Gasteiger partial charge in [-0.3, -0.25) is 5.10 Å². The highest BCUT2D eigenvalue weighted by Gasteiger charge is 2.37. The zero-order valence-corrected chi connectivity index (χ0v) is 10.9. The van der Waals surface area contributed by atoms with Crippen LogP contribution < -0.4 is 0 Å². The van der Waals surface area contributed by atoms with Gasteiger partial charge in [-0.25, -0.2) is 0 Å². The first-order valence-corrected chi connectivity index (χ1v) is 6.05. The van der Waals surface area contributed by atoms with Gasteiger partial charge in [-0.15, -0.1) is 11.6 Å². The summed E-state index contributed by atoms with van der Waals surface area (Å²) in [7, 11) is 0. The number of nitrogens with one attached hydrogen (secondary N) is 1. The van der Waals surface area contributed by atoms with Crippen molar-refractivity contribution < 1.29 is 26.3 Å². The fourth-order valence-electron chi connectivity index (χ4n) is 1.68. The van der Waals surface area contributed by atoms with Gasteiger partial charge >= 0.3 is 12.4 Å². The van der Waals surface area contributed by atoms with E-state index in [0.29, 0.717) is 17.8 Å². The van der Waals surface area contributed by atoms with E-state index >= 15 is 0 Å². The Kier molecular flexibility index (Phi) is 3.92. The van der Waals surface area contributed by atoms with Crippen LogP contribution in [-0.2, 0) is 18.2 Å². The van der Waals surface area contributed by atoms with Gasteiger partial charge in [0, 0.05) is 5.56 Å². The maximum atomic E-state index is 12.7. The van der Waals surface area contributed by atoms with Crippen molar-refractivity contribution in [3.63, 3.8) is 0 Å². The Hall–Kier alpha value is -1.70. The Labute approximate surface area is 119 Å². The second kappa shape index (κ2) is 5.25. The summed E-state index contributed by atoms with van der Waals surface area (Å²) >= 11 is 5.50. The Morgan fingerprint density at radius 2 is 1.43 bits per heavy atom. The molecule has 0 atom stereocenters. The van der Waals surface area contributed by atoms with Crippen molar-refractivity contribution in [1.29, 1.82) is 0 Å². The zero-order valence-electron chi connectivity index (χ0n) is 10.1. The van der Waals surface area contributed by atoms with Crippen LogP contribution in [0, 0.1) is 0 Å². The van der Waals surface area contributed by atoms with E-state index in [2.05, 4.69) is 10.2 Å². The maximum absolute atomic E-state index is 12.7. The highest BCUT2D eigenvalue weighted by Crippen LogP contribution is 2.38. The Morgan fingerprint density at radius 3 is 1.81 bits per heavy atom. The van der Waals surface area contributed by atoms with E-state index < -0.39 is 23.5 Å². The van der Waals surface area contributed by atoms with E-state index in [4.69, 9.17) is 11.6 Å². The molecule has 21 heavy (non-hydrogen) atoms. The molecule has 0 bridgehead atoms. The molecular formula is C12H7ClF6N2. The van der Waals surface area contributed by atoms with Crippen LogP contribution in [0.15, 0.2) is 24.3 Å². The number of H-pyrrole nitrogens is 1. The first-order chi connectivity index (χ1) is 9.61. The third-order valence-corrected chi connectivity index (χ3v) is 2.95. The Bertz CT molecular complexity index is 612. The predicted molar refractivity (Wildman–Crippen MR) is 63.6 cm³/mol. The SMILES string of the molecule is FC(F)(F)c1cc(-c2cc(CCl)[nH]n2)cc(C(F)(F)F)c1. The molecule has 0 spiro atoms. The standard InChI is InChI=1S/C12H7ClF6N2/c13-5-9-4-10(21-20-9)6-1-7(11(14,15)16)3-8(2-6)12(17,18)19/h1-4H,5H2,(H,20,21). The molecule has 2 rings (SSSR count). The van der Waals surface area contributed by atoms with Crippen LogP contribution in [0.2, 0.25) is 0 Å². The largest absolute Gasteiger partial charge is 0.416 e. The summed E-state index contributed by atoms with van der Waals surface area (Å²) in [5.41, 5.74) is -2.71. The molecule has 0 amide bonds. The highest BCUT2D eigenvalue weighted by atomic mass is 35.5. The van der Waals surface area contributed by atoms with Gasteiger partial charge in [0.1, 0.15) is 0 Å². The van der Waals surface area contributed by atoms with Crippen molar-refractivity contribution in [2.75, 3.05) is 0 Å². The summed E-state index contributed by atoms with van der Waals surface area (Å²) in [6.45, 7) is 0. The average molecular weight is 329 g/mol. The summed E-state index contributed by atoms with van der Waals surface area (Å²) in [6.07, 6.45) is -9.77. The summed E-state index contributed by atoms with van der Waals surface area (Å²) in [6, 6.07) is 2.59. The number of aromatic amines is 1. The zero-order chi connectivity index (χ0) is 15.8. The minimum Gasteiger partial charge on any atom is -0.281 e. The van der Waals surface area contributed by atoms with Crippen molar-refractivity contribution >= 4 is 11.6 Å². The molecule has 114 valence electrons. The lowest BCUT2D eigenvalue weighted by Crippen LogP contribution is -2.11. The van der Waals surface area contributed by atoms with Crippen molar-refractivity contribution in [2.24, 2.45) is 0 Å². The van der Waals surface area contributed by atoms with Crippen molar-refractivity contribution in [1.82, 2.24) is 10.2 Å². The molecule has 0 aliphatic heterocycles. The fraction of sp³-hybridized carbons (Fsp3) is 0.250. The number of hydrogen-bond donors (Lipinski definition) is 1. The number of benzene rings is 1. The Morgan fingerprint density at radius 1 is 0.905 bits per heavy atom. The molecule has 1 aromatic carbocycles. The van der Waals surface area contributed by atoms with Gasteiger partial charge in [0.15, 0.2) is 0 Å². The number of hydrogen-bond acceptors (Lipinski definition) is 1. The number of halogens is 7. The first kappa shape index (κ1) is 15.7. The molecule has 1 aromatic heterocycles. The van der Waals surface area contributed by atoms with Gasteiger partial charge in [0.25, 0.3) is 0 Å². The summed E-state index contributed by atoms with van der Waals surface area (Å²) in [4.78, 5) is 0. The molecule has 0 aliphatic rings. The molecule has 0 aliphatic carbocycles. The van der Waals surface area contributed by atoms with E-state index in [9.17, 15) is 26.3 Å². The fourth-order valence-corrected chi connectivity index (χ4v) is 1.82. The number of nitrogens with zero attached hydrogens (tertiary/aromatic N) is 1. The minimum absolute atomic E-state index is 0.0120. The molecule has 0 unspecified atom stereocenters. The van der Waals surface area contributed by atoms with Gasteiger partial charge in [-0.2, -0.15) is 31.4 Å². The van der Waals surface area contributed by atoms with Gasteiger partial charge in [-0.05, 0) is 24.3 Å². The summed E-state index contributed by atoms with van der Waals surface area (Å²) in [5, 5.41) is 6.09. The highest BCUT2D eigenvalue weighted by molar-refractivity contribution is 6.16. The first-order valence-electron chi connectivity index (χ1n) is 5.51. The predicted octanol–water partition coefficient (Wildman–Crippen LogP) is 4.85. The van der Waals surface area contributed by atoms with Crippen LogP contribution in [0.3, 0.4) is 0 Å². The number of rotatable bonds is 2. The summed E-state index contributed by atoms with van der Waals surface area (Å²) in [5.74, 6) is 0.0120. The van der Waals surface area contributed by atoms with Crippen LogP contribution in [0.1, 0.15) is 16.8 Å². The Balaban J connectivity index is 2.60. The smallest absolute Gasteiger partial charge is 0.281 e. The maximum Gasteiger partial charge on any atom is 0.416 e. The third-order valence-electron chi connectivity index (χ3n) is 2.66. The van der Waals surface area contributed by atoms with Crippen LogP contribution in [0.25, 0.3) is 11.3 Å². The molecular weight excluding hydrogens is 322 g/mol. The number of alkyl halides is 7. The topological polar surface area (TPSA) is 28.7 Å². The lowest BCUT2D eigenvalue weighted by Gasteiger charge is -2.13. The van der Waals surface area contributed by atoms with E-state index in [0.717, 1.165) is 0 Å². The van der Waals surface area contributed by atoms with Crippen LogP contribution in [0.4, 0.5) is 26.3 Å². The summed E-state index contributed by atoms with van der Waals surface area (Å²) < 4.78 is 76.2. The van der Waals surface area contributed by atoms with E-state index in [1.165, 1.54) is 6.07 Å². The molecule has 9 heteroatoms. The average Bonchev–Trinajstić information content (AvgIpc) is 2.85. The second-order valence-electron chi connectivity index (χ2n) is 4.21. The number of aromatic nitrogens is 2. The molecule has 2 nitrogen and oxygen atoms in total. The molecule has 0 saturated heterocycles. The van der Waals surface area contributed by atoms with E-state index in [-0.39, 0.29) is 23.2 Å². The molecule has 1 N–H and O–H groups in total. The third kappa shape index (κ3) is 3.49. The lowest BCUT2D eigenvalue weighted by atomic mass is 10.0. The molecule has 0 saturated carbocycles. The van der Waals surface area contributed by atoms with E-state index in [1.54, 1.807) is 0 Å².